The van der Waals surface area contributed by atoms with Gasteiger partial charge in [-0.2, -0.15) is 0 Å². The maximum atomic E-state index is 6.41. The lowest BCUT2D eigenvalue weighted by atomic mass is 9.99. The highest BCUT2D eigenvalue weighted by molar-refractivity contribution is 5.31. The molecule has 1 fully saturated rings. The predicted molar refractivity (Wildman–Crippen MR) is 86.0 cm³/mol. The van der Waals surface area contributed by atoms with Gasteiger partial charge in [0.25, 0.3) is 0 Å². The zero-order valence-corrected chi connectivity index (χ0v) is 13.4. The van der Waals surface area contributed by atoms with E-state index in [2.05, 4.69) is 55.9 Å². The molecule has 1 heterocycles. The van der Waals surface area contributed by atoms with Crippen molar-refractivity contribution in [3.8, 4) is 0 Å². The summed E-state index contributed by atoms with van der Waals surface area (Å²) in [6, 6.07) is 7.41. The molecule has 2 unspecified atom stereocenters. The molecule has 2 rings (SSSR count). The standard InChI is InChI=1S/C17H29N3/c1-13-7-8-15(10-14(13)2)17(18)12-20-9-5-6-16(11-20)19(3)4/h7-8,10,16-17H,5-6,9,11-12,18H2,1-4H3. The van der Waals surface area contributed by atoms with Crippen LogP contribution in [0.15, 0.2) is 18.2 Å². The van der Waals surface area contributed by atoms with Crippen LogP contribution in [-0.4, -0.2) is 49.6 Å². The topological polar surface area (TPSA) is 32.5 Å². The van der Waals surface area contributed by atoms with Gasteiger partial charge in [-0.05, 0) is 64.0 Å². The summed E-state index contributed by atoms with van der Waals surface area (Å²) in [5.41, 5.74) is 10.4. The molecule has 3 nitrogen and oxygen atoms in total. The second-order valence-electron chi connectivity index (χ2n) is 6.47. The van der Waals surface area contributed by atoms with Crippen LogP contribution >= 0.6 is 0 Å². The second kappa shape index (κ2) is 6.70. The summed E-state index contributed by atoms with van der Waals surface area (Å²) in [4.78, 5) is 4.86. The van der Waals surface area contributed by atoms with Gasteiger partial charge in [0.15, 0.2) is 0 Å². The van der Waals surface area contributed by atoms with Gasteiger partial charge in [0.2, 0.25) is 0 Å². The highest BCUT2D eigenvalue weighted by Gasteiger charge is 2.22. The fourth-order valence-electron chi connectivity index (χ4n) is 3.00. The molecule has 1 aliphatic rings. The van der Waals surface area contributed by atoms with Crippen LogP contribution in [0.1, 0.15) is 35.6 Å². The first kappa shape index (κ1) is 15.5. The Kier molecular flexibility index (Phi) is 5.19. The molecule has 2 atom stereocenters. The summed E-state index contributed by atoms with van der Waals surface area (Å²) in [5, 5.41) is 0. The van der Waals surface area contributed by atoms with Gasteiger partial charge < -0.3 is 10.6 Å². The fraction of sp³-hybridized carbons (Fsp3) is 0.647. The molecule has 1 aliphatic heterocycles. The minimum atomic E-state index is 0.121. The summed E-state index contributed by atoms with van der Waals surface area (Å²) in [7, 11) is 4.36. The van der Waals surface area contributed by atoms with Crippen molar-refractivity contribution in [1.29, 1.82) is 0 Å². The van der Waals surface area contributed by atoms with Gasteiger partial charge in [-0.25, -0.2) is 0 Å². The van der Waals surface area contributed by atoms with E-state index in [-0.39, 0.29) is 6.04 Å². The third-order valence-electron chi connectivity index (χ3n) is 4.62. The quantitative estimate of drug-likeness (QED) is 0.915. The number of piperidine rings is 1. The van der Waals surface area contributed by atoms with Crippen molar-refractivity contribution in [2.24, 2.45) is 5.73 Å². The number of hydrogen-bond acceptors (Lipinski definition) is 3. The van der Waals surface area contributed by atoms with E-state index in [1.165, 1.54) is 36.1 Å². The summed E-state index contributed by atoms with van der Waals surface area (Å²) in [6.45, 7) is 7.60. The number of nitrogens with zero attached hydrogens (tertiary/aromatic N) is 2. The lowest BCUT2D eigenvalue weighted by Crippen LogP contribution is -2.47. The van der Waals surface area contributed by atoms with E-state index in [1.807, 2.05) is 0 Å². The molecular weight excluding hydrogens is 246 g/mol. The number of benzene rings is 1. The van der Waals surface area contributed by atoms with E-state index in [0.29, 0.717) is 6.04 Å². The van der Waals surface area contributed by atoms with Gasteiger partial charge in [-0.15, -0.1) is 0 Å². The van der Waals surface area contributed by atoms with Crippen LogP contribution in [0.2, 0.25) is 0 Å². The molecule has 20 heavy (non-hydrogen) atoms. The van der Waals surface area contributed by atoms with Crippen molar-refractivity contribution < 1.29 is 0 Å². The van der Waals surface area contributed by atoms with Gasteiger partial charge in [0.1, 0.15) is 0 Å². The molecule has 0 amide bonds. The lowest BCUT2D eigenvalue weighted by Gasteiger charge is -2.37. The van der Waals surface area contributed by atoms with E-state index in [4.69, 9.17) is 5.73 Å². The molecule has 0 aliphatic carbocycles. The number of likely N-dealkylation sites (tertiary alicyclic amines) is 1. The van der Waals surface area contributed by atoms with Gasteiger partial charge in [0.05, 0.1) is 0 Å². The molecule has 112 valence electrons. The average Bonchev–Trinajstić information content (AvgIpc) is 2.42. The van der Waals surface area contributed by atoms with Crippen molar-refractivity contribution in [1.82, 2.24) is 9.80 Å². The van der Waals surface area contributed by atoms with Crippen molar-refractivity contribution in [3.05, 3.63) is 34.9 Å². The third-order valence-corrected chi connectivity index (χ3v) is 4.62. The maximum Gasteiger partial charge on any atom is 0.0424 e. The van der Waals surface area contributed by atoms with Crippen LogP contribution < -0.4 is 5.73 Å². The van der Waals surface area contributed by atoms with E-state index in [1.54, 1.807) is 0 Å². The Morgan fingerprint density at radius 3 is 2.70 bits per heavy atom. The van der Waals surface area contributed by atoms with Crippen molar-refractivity contribution in [2.45, 2.75) is 38.8 Å². The monoisotopic (exact) mass is 275 g/mol. The summed E-state index contributed by atoms with van der Waals surface area (Å²) in [6.07, 6.45) is 2.59. The first-order chi connectivity index (χ1) is 9.47. The van der Waals surface area contributed by atoms with Crippen LogP contribution in [0.4, 0.5) is 0 Å². The van der Waals surface area contributed by atoms with Crippen LogP contribution in [-0.2, 0) is 0 Å². The van der Waals surface area contributed by atoms with Gasteiger partial charge in [-0.1, -0.05) is 18.2 Å². The van der Waals surface area contributed by atoms with E-state index in [9.17, 15) is 0 Å². The Morgan fingerprint density at radius 2 is 2.05 bits per heavy atom. The summed E-state index contributed by atoms with van der Waals surface area (Å²) >= 11 is 0. The van der Waals surface area contributed by atoms with E-state index in [0.717, 1.165) is 13.1 Å². The first-order valence-corrected chi connectivity index (χ1v) is 7.69. The summed E-state index contributed by atoms with van der Waals surface area (Å²) < 4.78 is 0. The molecule has 3 heteroatoms. The number of hydrogen-bond donors (Lipinski definition) is 1. The molecule has 1 saturated heterocycles. The number of rotatable bonds is 4. The number of aryl methyl sites for hydroxylation is 2. The second-order valence-corrected chi connectivity index (χ2v) is 6.47. The molecule has 1 aromatic rings. The molecule has 2 N–H and O–H groups in total. The van der Waals surface area contributed by atoms with Crippen LogP contribution in [0.25, 0.3) is 0 Å². The smallest absolute Gasteiger partial charge is 0.0424 e. The van der Waals surface area contributed by atoms with Crippen molar-refractivity contribution in [2.75, 3.05) is 33.7 Å². The normalized spacial score (nSPS) is 22.2. The zero-order valence-electron chi connectivity index (χ0n) is 13.4. The SMILES string of the molecule is Cc1ccc(C(N)CN2CCCC(N(C)C)C2)cc1C. The Morgan fingerprint density at radius 1 is 1.30 bits per heavy atom. The van der Waals surface area contributed by atoms with Gasteiger partial charge >= 0.3 is 0 Å². The Labute approximate surface area is 123 Å². The predicted octanol–water partition coefficient (Wildman–Crippen LogP) is 2.33. The van der Waals surface area contributed by atoms with E-state index >= 15 is 0 Å². The Bertz CT molecular complexity index is 442. The molecule has 0 bridgehead atoms. The largest absolute Gasteiger partial charge is 0.323 e. The van der Waals surface area contributed by atoms with Crippen LogP contribution in [0.3, 0.4) is 0 Å². The third kappa shape index (κ3) is 3.81. The number of nitrogens with two attached hydrogens (primary N) is 1. The molecule has 0 saturated carbocycles. The highest BCUT2D eigenvalue weighted by Crippen LogP contribution is 2.19. The van der Waals surface area contributed by atoms with Gasteiger partial charge in [0, 0.05) is 25.2 Å². The van der Waals surface area contributed by atoms with E-state index < -0.39 is 0 Å². The summed E-state index contributed by atoms with van der Waals surface area (Å²) in [5.74, 6) is 0. The van der Waals surface area contributed by atoms with Crippen LogP contribution in [0, 0.1) is 13.8 Å². The molecular formula is C17H29N3. The number of likely N-dealkylation sites (N-methyl/N-ethyl adjacent to an activating group) is 1. The Balaban J connectivity index is 1.96. The minimum Gasteiger partial charge on any atom is -0.323 e. The van der Waals surface area contributed by atoms with Crippen molar-refractivity contribution in [3.63, 3.8) is 0 Å². The minimum absolute atomic E-state index is 0.121. The molecule has 0 spiro atoms. The highest BCUT2D eigenvalue weighted by atomic mass is 15.2. The molecule has 0 aromatic heterocycles. The zero-order chi connectivity index (χ0) is 14.7. The van der Waals surface area contributed by atoms with Crippen LogP contribution in [0.5, 0.6) is 0 Å². The Hall–Kier alpha value is -0.900. The maximum absolute atomic E-state index is 6.41. The van der Waals surface area contributed by atoms with Crippen molar-refractivity contribution >= 4 is 0 Å². The molecule has 0 radical (unpaired) electrons. The van der Waals surface area contributed by atoms with Gasteiger partial charge in [-0.3, -0.25) is 4.90 Å². The average molecular weight is 275 g/mol. The lowest BCUT2D eigenvalue weighted by molar-refractivity contribution is 0.128. The first-order valence-electron chi connectivity index (χ1n) is 7.69. The molecule has 1 aromatic carbocycles. The fourth-order valence-corrected chi connectivity index (χ4v) is 3.00.